The molecule has 0 heterocycles. The van der Waals surface area contributed by atoms with Gasteiger partial charge in [0.1, 0.15) is 0 Å². The van der Waals surface area contributed by atoms with E-state index in [1.807, 2.05) is 37.3 Å². The SMILES string of the molecule is Cc1c(Cl)cc(Cl)cc1C=C1C=CC=C1. The van der Waals surface area contributed by atoms with Gasteiger partial charge in [0.15, 0.2) is 0 Å². The van der Waals surface area contributed by atoms with Gasteiger partial charge >= 0.3 is 0 Å². The molecule has 0 unspecified atom stereocenters. The molecule has 2 rings (SSSR count). The fraction of sp³-hybridized carbons (Fsp3) is 0.0769. The van der Waals surface area contributed by atoms with Gasteiger partial charge in [0.05, 0.1) is 0 Å². The molecule has 1 aliphatic carbocycles. The standard InChI is InChI=1S/C13H10Cl2/c1-9-11(6-10-4-2-3-5-10)7-12(14)8-13(9)15/h2-8H,1H3. The summed E-state index contributed by atoms with van der Waals surface area (Å²) in [5.41, 5.74) is 3.29. The second-order valence-electron chi connectivity index (χ2n) is 3.46. The van der Waals surface area contributed by atoms with Crippen LogP contribution in [-0.4, -0.2) is 0 Å². The molecule has 1 aliphatic rings. The first-order valence-electron chi connectivity index (χ1n) is 4.69. The molecule has 0 aromatic heterocycles. The van der Waals surface area contributed by atoms with Crippen molar-refractivity contribution in [3.8, 4) is 0 Å². The summed E-state index contributed by atoms with van der Waals surface area (Å²) in [6.07, 6.45) is 10.2. The predicted octanol–water partition coefficient (Wildman–Crippen LogP) is 4.81. The third kappa shape index (κ3) is 2.34. The third-order valence-electron chi connectivity index (χ3n) is 2.36. The highest BCUT2D eigenvalue weighted by atomic mass is 35.5. The van der Waals surface area contributed by atoms with Gasteiger partial charge in [-0.3, -0.25) is 0 Å². The van der Waals surface area contributed by atoms with Crippen LogP contribution in [0.4, 0.5) is 0 Å². The third-order valence-corrected chi connectivity index (χ3v) is 2.97. The molecular weight excluding hydrogens is 227 g/mol. The molecule has 0 radical (unpaired) electrons. The van der Waals surface area contributed by atoms with Gasteiger partial charge in [-0.2, -0.15) is 0 Å². The van der Waals surface area contributed by atoms with Crippen molar-refractivity contribution >= 4 is 29.3 Å². The maximum atomic E-state index is 6.05. The molecule has 0 bridgehead atoms. The molecule has 0 nitrogen and oxygen atoms in total. The summed E-state index contributed by atoms with van der Waals surface area (Å²) in [6, 6.07) is 3.69. The molecule has 76 valence electrons. The van der Waals surface area contributed by atoms with E-state index in [2.05, 4.69) is 6.08 Å². The van der Waals surface area contributed by atoms with Crippen molar-refractivity contribution in [3.63, 3.8) is 0 Å². The van der Waals surface area contributed by atoms with Crippen molar-refractivity contribution in [2.75, 3.05) is 0 Å². The molecule has 0 aliphatic heterocycles. The molecule has 1 aromatic rings. The van der Waals surface area contributed by atoms with E-state index in [1.54, 1.807) is 6.07 Å². The number of allylic oxidation sites excluding steroid dienone is 5. The Bertz CT molecular complexity index is 466. The van der Waals surface area contributed by atoms with Crippen LogP contribution in [0.25, 0.3) is 6.08 Å². The number of rotatable bonds is 1. The Morgan fingerprint density at radius 1 is 1.07 bits per heavy atom. The summed E-state index contributed by atoms with van der Waals surface area (Å²) in [6.45, 7) is 1.99. The van der Waals surface area contributed by atoms with Crippen LogP contribution in [0.2, 0.25) is 10.0 Å². The molecule has 0 spiro atoms. The summed E-state index contributed by atoms with van der Waals surface area (Å²) >= 11 is 12.0. The van der Waals surface area contributed by atoms with E-state index < -0.39 is 0 Å². The summed E-state index contributed by atoms with van der Waals surface area (Å²) in [7, 11) is 0. The molecule has 0 atom stereocenters. The van der Waals surface area contributed by atoms with Crippen molar-refractivity contribution in [1.29, 1.82) is 0 Å². The van der Waals surface area contributed by atoms with Crippen LogP contribution < -0.4 is 0 Å². The lowest BCUT2D eigenvalue weighted by atomic mass is 10.1. The van der Waals surface area contributed by atoms with E-state index in [-0.39, 0.29) is 0 Å². The van der Waals surface area contributed by atoms with Crippen LogP contribution in [0.3, 0.4) is 0 Å². The topological polar surface area (TPSA) is 0 Å². The molecule has 0 saturated heterocycles. The molecular formula is C13H10Cl2. The first kappa shape index (κ1) is 10.5. The van der Waals surface area contributed by atoms with Crippen molar-refractivity contribution in [1.82, 2.24) is 0 Å². The Kier molecular flexibility index (Phi) is 2.99. The van der Waals surface area contributed by atoms with Gasteiger partial charge < -0.3 is 0 Å². The lowest BCUT2D eigenvalue weighted by Crippen LogP contribution is -1.83. The fourth-order valence-corrected chi connectivity index (χ4v) is 1.99. The lowest BCUT2D eigenvalue weighted by molar-refractivity contribution is 1.44. The summed E-state index contributed by atoms with van der Waals surface area (Å²) in [5, 5.41) is 1.38. The Hall–Kier alpha value is -0.980. The zero-order valence-electron chi connectivity index (χ0n) is 8.30. The van der Waals surface area contributed by atoms with Gasteiger partial charge in [0, 0.05) is 10.0 Å². The highest BCUT2D eigenvalue weighted by molar-refractivity contribution is 6.35. The number of halogens is 2. The minimum atomic E-state index is 0.670. The molecule has 0 fully saturated rings. The van der Waals surface area contributed by atoms with Gasteiger partial charge in [-0.1, -0.05) is 47.5 Å². The van der Waals surface area contributed by atoms with Crippen LogP contribution in [0.1, 0.15) is 11.1 Å². The smallest absolute Gasteiger partial charge is 0.0455 e. The Balaban J connectivity index is 2.48. The van der Waals surface area contributed by atoms with E-state index >= 15 is 0 Å². The van der Waals surface area contributed by atoms with Crippen LogP contribution in [-0.2, 0) is 0 Å². The van der Waals surface area contributed by atoms with Crippen molar-refractivity contribution < 1.29 is 0 Å². The Labute approximate surface area is 99.5 Å². The summed E-state index contributed by atoms with van der Waals surface area (Å²) in [4.78, 5) is 0. The second kappa shape index (κ2) is 4.26. The van der Waals surface area contributed by atoms with Gasteiger partial charge in [-0.25, -0.2) is 0 Å². The molecule has 0 amide bonds. The number of hydrogen-bond donors (Lipinski definition) is 0. The maximum absolute atomic E-state index is 6.05. The quantitative estimate of drug-likeness (QED) is 0.657. The molecule has 1 aromatic carbocycles. The summed E-state index contributed by atoms with van der Waals surface area (Å²) in [5.74, 6) is 0. The van der Waals surface area contributed by atoms with E-state index in [9.17, 15) is 0 Å². The fourth-order valence-electron chi connectivity index (χ4n) is 1.48. The number of benzene rings is 1. The normalized spacial score (nSPS) is 13.7. The highest BCUT2D eigenvalue weighted by Crippen LogP contribution is 2.27. The lowest BCUT2D eigenvalue weighted by Gasteiger charge is -2.04. The molecule has 15 heavy (non-hydrogen) atoms. The predicted molar refractivity (Wildman–Crippen MR) is 67.5 cm³/mol. The minimum Gasteiger partial charge on any atom is -0.0843 e. The zero-order chi connectivity index (χ0) is 10.8. The Morgan fingerprint density at radius 3 is 2.40 bits per heavy atom. The van der Waals surface area contributed by atoms with Crippen LogP contribution >= 0.6 is 23.2 Å². The molecule has 2 heteroatoms. The van der Waals surface area contributed by atoms with E-state index in [0.717, 1.165) is 16.7 Å². The average molecular weight is 237 g/mol. The molecule has 0 saturated carbocycles. The average Bonchev–Trinajstić information content (AvgIpc) is 2.66. The van der Waals surface area contributed by atoms with Gasteiger partial charge in [0.25, 0.3) is 0 Å². The maximum Gasteiger partial charge on any atom is 0.0455 e. The van der Waals surface area contributed by atoms with Crippen LogP contribution in [0.5, 0.6) is 0 Å². The van der Waals surface area contributed by atoms with E-state index in [4.69, 9.17) is 23.2 Å². The zero-order valence-corrected chi connectivity index (χ0v) is 9.81. The number of hydrogen-bond acceptors (Lipinski definition) is 0. The van der Waals surface area contributed by atoms with Crippen LogP contribution in [0.15, 0.2) is 42.0 Å². The van der Waals surface area contributed by atoms with Crippen molar-refractivity contribution in [2.24, 2.45) is 0 Å². The second-order valence-corrected chi connectivity index (χ2v) is 4.31. The van der Waals surface area contributed by atoms with Gasteiger partial charge in [-0.15, -0.1) is 0 Å². The van der Waals surface area contributed by atoms with Crippen molar-refractivity contribution in [3.05, 3.63) is 63.2 Å². The minimum absolute atomic E-state index is 0.670. The van der Waals surface area contributed by atoms with Crippen molar-refractivity contribution in [2.45, 2.75) is 6.92 Å². The highest BCUT2D eigenvalue weighted by Gasteiger charge is 2.03. The summed E-state index contributed by atoms with van der Waals surface area (Å²) < 4.78 is 0. The monoisotopic (exact) mass is 236 g/mol. The first-order chi connectivity index (χ1) is 7.16. The van der Waals surface area contributed by atoms with Gasteiger partial charge in [0.2, 0.25) is 0 Å². The largest absolute Gasteiger partial charge is 0.0843 e. The molecule has 0 N–H and O–H groups in total. The first-order valence-corrected chi connectivity index (χ1v) is 5.44. The van der Waals surface area contributed by atoms with Gasteiger partial charge in [-0.05, 0) is 41.8 Å². The van der Waals surface area contributed by atoms with Crippen LogP contribution in [0, 0.1) is 6.92 Å². The Morgan fingerprint density at radius 2 is 1.73 bits per heavy atom. The van der Waals surface area contributed by atoms with E-state index in [1.165, 1.54) is 0 Å². The van der Waals surface area contributed by atoms with E-state index in [0.29, 0.717) is 10.0 Å².